The fourth-order valence-electron chi connectivity index (χ4n) is 5.40. The van der Waals surface area contributed by atoms with Gasteiger partial charge in [-0.15, -0.1) is 22.7 Å². The van der Waals surface area contributed by atoms with E-state index in [9.17, 15) is 9.59 Å². The Kier molecular flexibility index (Phi) is 9.83. The first-order chi connectivity index (χ1) is 22.5. The molecule has 46 heavy (non-hydrogen) atoms. The summed E-state index contributed by atoms with van der Waals surface area (Å²) < 4.78 is 3.21. The van der Waals surface area contributed by atoms with Gasteiger partial charge in [-0.25, -0.2) is 0 Å². The van der Waals surface area contributed by atoms with Crippen LogP contribution in [0.2, 0.25) is 0 Å². The molecule has 0 radical (unpaired) electrons. The monoisotopic (exact) mass is 700 g/mol. The number of rotatable bonds is 4. The number of carbonyl (C=O) groups excluding carboxylic acids is 2. The van der Waals surface area contributed by atoms with E-state index in [1.165, 1.54) is 21.4 Å². The van der Waals surface area contributed by atoms with Crippen molar-refractivity contribution in [1.82, 2.24) is 0 Å². The van der Waals surface area contributed by atoms with Crippen LogP contribution in [0.3, 0.4) is 0 Å². The molecule has 0 aliphatic heterocycles. The number of benzene rings is 6. The van der Waals surface area contributed by atoms with Gasteiger partial charge in [0.05, 0.1) is 0 Å². The topological polar surface area (TPSA) is 74.6 Å². The number of carbonyl (C=O) groups is 2. The van der Waals surface area contributed by atoms with Gasteiger partial charge in [0.15, 0.2) is 12.6 Å². The summed E-state index contributed by atoms with van der Waals surface area (Å²) in [5.41, 5.74) is 4.22. The lowest BCUT2D eigenvalue weighted by Gasteiger charge is -2.09. The second-order valence-electron chi connectivity index (χ2n) is 10.4. The van der Waals surface area contributed by atoms with E-state index < -0.39 is 7.12 Å². The summed E-state index contributed by atoms with van der Waals surface area (Å²) in [6.45, 7) is 0. The Bertz CT molecular complexity index is 2330. The van der Waals surface area contributed by atoms with Crippen molar-refractivity contribution in [3.05, 3.63) is 148 Å². The van der Waals surface area contributed by atoms with Crippen molar-refractivity contribution in [2.75, 3.05) is 0 Å². The molecule has 0 saturated heterocycles. The maximum atomic E-state index is 11.5. The van der Waals surface area contributed by atoms with Gasteiger partial charge in [0.25, 0.3) is 0 Å². The Labute approximate surface area is 282 Å². The number of fused-ring (bicyclic) bond motifs is 4. The van der Waals surface area contributed by atoms with E-state index >= 15 is 0 Å². The molecule has 0 aliphatic carbocycles. The van der Waals surface area contributed by atoms with E-state index in [0.717, 1.165) is 65.4 Å². The van der Waals surface area contributed by atoms with Crippen molar-refractivity contribution in [3.8, 4) is 11.1 Å². The highest BCUT2D eigenvalue weighted by molar-refractivity contribution is 9.10. The number of hydrogen-bond donors (Lipinski definition) is 2. The molecule has 6 aromatic carbocycles. The van der Waals surface area contributed by atoms with Gasteiger partial charge in [0.1, 0.15) is 0 Å². The predicted molar refractivity (Wildman–Crippen MR) is 199 cm³/mol. The van der Waals surface area contributed by atoms with Crippen molar-refractivity contribution in [3.63, 3.8) is 0 Å². The molecule has 8 aromatic rings. The van der Waals surface area contributed by atoms with Crippen LogP contribution in [-0.2, 0) is 0 Å². The van der Waals surface area contributed by atoms with Crippen LogP contribution in [-0.4, -0.2) is 29.7 Å². The summed E-state index contributed by atoms with van der Waals surface area (Å²) in [6.07, 6.45) is 1.81. The van der Waals surface area contributed by atoms with E-state index in [-0.39, 0.29) is 0 Å². The molecule has 2 aromatic heterocycles. The maximum absolute atomic E-state index is 11.5. The molecule has 0 fully saturated rings. The van der Waals surface area contributed by atoms with Crippen LogP contribution >= 0.6 is 38.6 Å². The fraction of sp³-hybridized carbons (Fsp3) is 0. The zero-order valence-corrected chi connectivity index (χ0v) is 27.6. The zero-order valence-electron chi connectivity index (χ0n) is 24.3. The SMILES string of the molecule is O=Cc1ccc2ccccc2c1-c1csc2ccccc12.O=Cc1ccc2ccccc2c1Br.OB(O)c1csc2ccccc12. The molecule has 0 unspecified atom stereocenters. The van der Waals surface area contributed by atoms with Crippen LogP contribution in [0.5, 0.6) is 0 Å². The lowest BCUT2D eigenvalue weighted by atomic mass is 9.80. The maximum Gasteiger partial charge on any atom is 0.489 e. The minimum absolute atomic E-state index is 0.593. The minimum atomic E-state index is -1.36. The van der Waals surface area contributed by atoms with Crippen molar-refractivity contribution in [2.24, 2.45) is 0 Å². The molecular formula is C38H26BBrO4S2. The van der Waals surface area contributed by atoms with Crippen molar-refractivity contribution < 1.29 is 19.6 Å². The average molecular weight is 701 g/mol. The van der Waals surface area contributed by atoms with E-state index in [4.69, 9.17) is 10.0 Å². The van der Waals surface area contributed by atoms with Gasteiger partial charge < -0.3 is 10.0 Å². The summed E-state index contributed by atoms with van der Waals surface area (Å²) in [5, 5.41) is 28.5. The Balaban J connectivity index is 0.000000129. The first-order valence-corrected chi connectivity index (χ1v) is 16.9. The van der Waals surface area contributed by atoms with Gasteiger partial charge in [0, 0.05) is 47.0 Å². The Morgan fingerprint density at radius 1 is 0.543 bits per heavy atom. The number of aldehydes is 2. The zero-order chi connectivity index (χ0) is 32.0. The Morgan fingerprint density at radius 3 is 1.70 bits per heavy atom. The fourth-order valence-corrected chi connectivity index (χ4v) is 7.91. The third-order valence-corrected chi connectivity index (χ3v) is 10.5. The Morgan fingerprint density at radius 2 is 1.04 bits per heavy atom. The highest BCUT2D eigenvalue weighted by Gasteiger charge is 2.15. The molecule has 0 atom stereocenters. The molecular weight excluding hydrogens is 675 g/mol. The van der Waals surface area contributed by atoms with Crippen LogP contribution in [0.25, 0.3) is 52.8 Å². The summed E-state index contributed by atoms with van der Waals surface area (Å²) in [6, 6.07) is 39.9. The molecule has 0 amide bonds. The third-order valence-electron chi connectivity index (χ3n) is 7.65. The lowest BCUT2D eigenvalue weighted by molar-refractivity contribution is 0.111. The molecule has 0 aliphatic rings. The molecule has 0 saturated carbocycles. The van der Waals surface area contributed by atoms with Crippen molar-refractivity contribution >= 4 is 105 Å². The largest absolute Gasteiger partial charge is 0.489 e. The molecule has 4 nitrogen and oxygen atoms in total. The molecule has 224 valence electrons. The van der Waals surface area contributed by atoms with Crippen LogP contribution in [0.4, 0.5) is 0 Å². The van der Waals surface area contributed by atoms with E-state index in [0.29, 0.717) is 11.0 Å². The summed E-state index contributed by atoms with van der Waals surface area (Å²) in [4.78, 5) is 22.1. The Hall–Kier alpha value is -4.44. The highest BCUT2D eigenvalue weighted by atomic mass is 79.9. The molecule has 2 N–H and O–H groups in total. The molecule has 0 bridgehead atoms. The molecule has 8 rings (SSSR count). The second kappa shape index (κ2) is 14.3. The van der Waals surface area contributed by atoms with Gasteiger partial charge in [-0.3, -0.25) is 9.59 Å². The smallest absolute Gasteiger partial charge is 0.423 e. The second-order valence-corrected chi connectivity index (χ2v) is 13.0. The van der Waals surface area contributed by atoms with Gasteiger partial charge in [-0.1, -0.05) is 103 Å². The normalized spacial score (nSPS) is 10.7. The first kappa shape index (κ1) is 31.5. The summed E-state index contributed by atoms with van der Waals surface area (Å²) in [5.74, 6) is 0. The first-order valence-electron chi connectivity index (χ1n) is 14.4. The quantitative estimate of drug-likeness (QED) is 0.142. The van der Waals surface area contributed by atoms with Crippen LogP contribution in [0.15, 0.2) is 137 Å². The molecule has 0 spiro atoms. The molecule has 8 heteroatoms. The third kappa shape index (κ3) is 6.44. The lowest BCUT2D eigenvalue weighted by Crippen LogP contribution is -2.28. The average Bonchev–Trinajstić information content (AvgIpc) is 3.74. The number of halogens is 1. The minimum Gasteiger partial charge on any atom is -0.423 e. The number of thiophene rings is 2. The van der Waals surface area contributed by atoms with Gasteiger partial charge >= 0.3 is 7.12 Å². The summed E-state index contributed by atoms with van der Waals surface area (Å²) >= 11 is 6.65. The van der Waals surface area contributed by atoms with E-state index in [1.54, 1.807) is 16.7 Å². The van der Waals surface area contributed by atoms with Crippen molar-refractivity contribution in [2.45, 2.75) is 0 Å². The van der Waals surface area contributed by atoms with Crippen LogP contribution < -0.4 is 5.46 Å². The number of hydrogen-bond acceptors (Lipinski definition) is 6. The van der Waals surface area contributed by atoms with Crippen molar-refractivity contribution in [1.29, 1.82) is 0 Å². The van der Waals surface area contributed by atoms with E-state index in [2.05, 4.69) is 45.6 Å². The van der Waals surface area contributed by atoms with Crippen LogP contribution in [0, 0.1) is 0 Å². The summed E-state index contributed by atoms with van der Waals surface area (Å²) in [7, 11) is -1.36. The standard InChI is InChI=1S/C19H12OS.C11H7BrO.C8H7BO2S/c20-11-14-10-9-13-5-1-2-6-15(13)19(14)17-12-21-18-8-4-3-7-16(17)18;12-11-9(7-13)6-5-8-3-1-2-4-10(8)11;10-9(11)7-5-12-8-4-2-1-3-6(7)8/h1-12H;1-7H;1-5,10-11H. The van der Waals surface area contributed by atoms with Crippen LogP contribution in [0.1, 0.15) is 20.7 Å². The van der Waals surface area contributed by atoms with Gasteiger partial charge in [-0.2, -0.15) is 0 Å². The predicted octanol–water partition coefficient (Wildman–Crippen LogP) is 9.53. The van der Waals surface area contributed by atoms with Gasteiger partial charge in [0.2, 0.25) is 0 Å². The van der Waals surface area contributed by atoms with Gasteiger partial charge in [-0.05, 0) is 71.8 Å². The van der Waals surface area contributed by atoms with E-state index in [1.807, 2.05) is 97.1 Å². The molecule has 2 heterocycles. The highest BCUT2D eigenvalue weighted by Crippen LogP contribution is 2.39.